The van der Waals surface area contributed by atoms with Crippen LogP contribution in [0.25, 0.3) is 0 Å². The highest BCUT2D eigenvalue weighted by atomic mass is 32.2. The van der Waals surface area contributed by atoms with E-state index in [0.29, 0.717) is 17.9 Å². The van der Waals surface area contributed by atoms with Crippen molar-refractivity contribution in [3.63, 3.8) is 0 Å². The van der Waals surface area contributed by atoms with E-state index in [1.807, 2.05) is 11.8 Å². The predicted molar refractivity (Wildman–Crippen MR) is 70.6 cm³/mol. The van der Waals surface area contributed by atoms with Crippen LogP contribution in [0.5, 0.6) is 0 Å². The van der Waals surface area contributed by atoms with Gasteiger partial charge in [-0.2, -0.15) is 11.8 Å². The summed E-state index contributed by atoms with van der Waals surface area (Å²) < 4.78 is 0. The Kier molecular flexibility index (Phi) is 5.62. The third kappa shape index (κ3) is 5.75. The first-order valence-corrected chi connectivity index (χ1v) is 7.24. The van der Waals surface area contributed by atoms with Crippen molar-refractivity contribution >= 4 is 17.7 Å². The zero-order valence-corrected chi connectivity index (χ0v) is 11.2. The van der Waals surface area contributed by atoms with Gasteiger partial charge in [0.25, 0.3) is 0 Å². The maximum absolute atomic E-state index is 10.5. The molecule has 0 bridgehead atoms. The van der Waals surface area contributed by atoms with Crippen LogP contribution in [-0.2, 0) is 4.79 Å². The molecule has 94 valence electrons. The zero-order valence-electron chi connectivity index (χ0n) is 10.4. The molecule has 1 saturated heterocycles. The van der Waals surface area contributed by atoms with E-state index in [1.165, 1.54) is 17.9 Å². The lowest BCUT2D eigenvalue weighted by Gasteiger charge is -2.35. The van der Waals surface area contributed by atoms with Crippen molar-refractivity contribution in [2.75, 3.05) is 18.1 Å². The third-order valence-electron chi connectivity index (χ3n) is 2.89. The SMILES string of the molecule is CC1(C)CSCC(NCCCCC(N)=O)C1. The van der Waals surface area contributed by atoms with Crippen LogP contribution in [0.4, 0.5) is 0 Å². The highest BCUT2D eigenvalue weighted by Gasteiger charge is 2.27. The molecule has 0 aromatic heterocycles. The third-order valence-corrected chi connectivity index (χ3v) is 4.52. The molecule has 3 nitrogen and oxygen atoms in total. The van der Waals surface area contributed by atoms with Gasteiger partial charge in [-0.25, -0.2) is 0 Å². The van der Waals surface area contributed by atoms with Gasteiger partial charge in [0.2, 0.25) is 5.91 Å². The van der Waals surface area contributed by atoms with E-state index >= 15 is 0 Å². The Morgan fingerprint density at radius 2 is 2.25 bits per heavy atom. The summed E-state index contributed by atoms with van der Waals surface area (Å²) in [7, 11) is 0. The van der Waals surface area contributed by atoms with Gasteiger partial charge in [-0.05, 0) is 37.0 Å². The first-order chi connectivity index (χ1) is 7.49. The van der Waals surface area contributed by atoms with E-state index in [0.717, 1.165) is 19.4 Å². The van der Waals surface area contributed by atoms with E-state index in [9.17, 15) is 4.79 Å². The van der Waals surface area contributed by atoms with Crippen molar-refractivity contribution in [2.24, 2.45) is 11.1 Å². The number of rotatable bonds is 6. The van der Waals surface area contributed by atoms with Crippen LogP contribution in [0.1, 0.15) is 39.5 Å². The summed E-state index contributed by atoms with van der Waals surface area (Å²) in [5.41, 5.74) is 5.56. The van der Waals surface area contributed by atoms with E-state index in [1.54, 1.807) is 0 Å². The predicted octanol–water partition coefficient (Wildman–Crippen LogP) is 1.76. The molecule has 0 aliphatic carbocycles. The highest BCUT2D eigenvalue weighted by molar-refractivity contribution is 7.99. The second-order valence-electron chi connectivity index (χ2n) is 5.46. The Hall–Kier alpha value is -0.220. The van der Waals surface area contributed by atoms with Gasteiger partial charge in [0.05, 0.1) is 0 Å². The lowest BCUT2D eigenvalue weighted by molar-refractivity contribution is -0.118. The van der Waals surface area contributed by atoms with Gasteiger partial charge in [-0.3, -0.25) is 4.79 Å². The van der Waals surface area contributed by atoms with Crippen molar-refractivity contribution in [1.29, 1.82) is 0 Å². The van der Waals surface area contributed by atoms with Gasteiger partial charge in [-0.15, -0.1) is 0 Å². The van der Waals surface area contributed by atoms with E-state index in [4.69, 9.17) is 5.73 Å². The zero-order chi connectivity index (χ0) is 12.0. The first-order valence-electron chi connectivity index (χ1n) is 6.09. The molecular weight excluding hydrogens is 220 g/mol. The summed E-state index contributed by atoms with van der Waals surface area (Å²) in [5, 5.41) is 3.58. The Labute approximate surface area is 103 Å². The molecule has 3 N–H and O–H groups in total. The summed E-state index contributed by atoms with van der Waals surface area (Å²) in [6, 6.07) is 0.641. The van der Waals surface area contributed by atoms with Gasteiger partial charge in [0.1, 0.15) is 0 Å². The van der Waals surface area contributed by atoms with Gasteiger partial charge < -0.3 is 11.1 Å². The largest absolute Gasteiger partial charge is 0.370 e. The number of hydrogen-bond acceptors (Lipinski definition) is 3. The average molecular weight is 244 g/mol. The Morgan fingerprint density at radius 1 is 1.50 bits per heavy atom. The van der Waals surface area contributed by atoms with Crippen molar-refractivity contribution in [3.05, 3.63) is 0 Å². The van der Waals surface area contributed by atoms with Crippen LogP contribution in [0.15, 0.2) is 0 Å². The quantitative estimate of drug-likeness (QED) is 0.700. The number of primary amides is 1. The maximum Gasteiger partial charge on any atom is 0.217 e. The van der Waals surface area contributed by atoms with Crippen LogP contribution in [0.2, 0.25) is 0 Å². The van der Waals surface area contributed by atoms with Crippen LogP contribution in [0.3, 0.4) is 0 Å². The number of unbranched alkanes of at least 4 members (excludes halogenated alkanes) is 1. The summed E-state index contributed by atoms with van der Waals surface area (Å²) in [6.45, 7) is 5.68. The summed E-state index contributed by atoms with van der Waals surface area (Å²) in [4.78, 5) is 10.5. The van der Waals surface area contributed by atoms with Crippen LogP contribution >= 0.6 is 11.8 Å². The maximum atomic E-state index is 10.5. The fourth-order valence-electron chi connectivity index (χ4n) is 2.12. The molecule has 0 radical (unpaired) electrons. The minimum Gasteiger partial charge on any atom is -0.370 e. The van der Waals surface area contributed by atoms with E-state index in [2.05, 4.69) is 19.2 Å². The van der Waals surface area contributed by atoms with Crippen molar-refractivity contribution in [3.8, 4) is 0 Å². The van der Waals surface area contributed by atoms with E-state index in [-0.39, 0.29) is 5.91 Å². The monoisotopic (exact) mass is 244 g/mol. The number of hydrogen-bond donors (Lipinski definition) is 2. The summed E-state index contributed by atoms with van der Waals surface area (Å²) in [6.07, 6.45) is 3.73. The summed E-state index contributed by atoms with van der Waals surface area (Å²) >= 11 is 2.04. The molecule has 4 heteroatoms. The number of nitrogens with two attached hydrogens (primary N) is 1. The minimum atomic E-state index is -0.186. The number of thioether (sulfide) groups is 1. The molecule has 0 aromatic carbocycles. The van der Waals surface area contributed by atoms with Crippen molar-refractivity contribution < 1.29 is 4.79 Å². The van der Waals surface area contributed by atoms with Crippen molar-refractivity contribution in [2.45, 2.75) is 45.6 Å². The molecule has 1 aliphatic rings. The lowest BCUT2D eigenvalue weighted by Crippen LogP contribution is -2.40. The fourth-order valence-corrected chi connectivity index (χ4v) is 3.43. The fraction of sp³-hybridized carbons (Fsp3) is 0.917. The molecular formula is C12H24N2OS. The molecule has 1 fully saturated rings. The molecule has 1 unspecified atom stereocenters. The molecule has 1 amide bonds. The number of carbonyl (C=O) groups excluding carboxylic acids is 1. The number of amides is 1. The Morgan fingerprint density at radius 3 is 2.88 bits per heavy atom. The van der Waals surface area contributed by atoms with E-state index < -0.39 is 0 Å². The first kappa shape index (κ1) is 13.8. The van der Waals surface area contributed by atoms with Gasteiger partial charge >= 0.3 is 0 Å². The summed E-state index contributed by atoms with van der Waals surface area (Å²) in [5.74, 6) is 2.31. The van der Waals surface area contributed by atoms with Crippen LogP contribution < -0.4 is 11.1 Å². The molecule has 0 saturated carbocycles. The molecule has 1 aliphatic heterocycles. The highest BCUT2D eigenvalue weighted by Crippen LogP contribution is 2.33. The Bertz CT molecular complexity index is 231. The Balaban J connectivity index is 2.06. The topological polar surface area (TPSA) is 55.1 Å². The molecule has 0 aromatic rings. The van der Waals surface area contributed by atoms with Crippen molar-refractivity contribution in [1.82, 2.24) is 5.32 Å². The van der Waals surface area contributed by atoms with Gasteiger partial charge in [0, 0.05) is 18.2 Å². The molecule has 1 rings (SSSR count). The standard InChI is InChI=1S/C12H24N2OS/c1-12(2)7-10(8-16-9-12)14-6-4-3-5-11(13)15/h10,14H,3-9H2,1-2H3,(H2,13,15). The second kappa shape index (κ2) is 6.50. The van der Waals surface area contributed by atoms with Crippen LogP contribution in [0, 0.1) is 5.41 Å². The van der Waals surface area contributed by atoms with Gasteiger partial charge in [-0.1, -0.05) is 13.8 Å². The molecule has 1 heterocycles. The van der Waals surface area contributed by atoms with Crippen LogP contribution in [-0.4, -0.2) is 30.0 Å². The number of carbonyl (C=O) groups is 1. The smallest absolute Gasteiger partial charge is 0.217 e. The minimum absolute atomic E-state index is 0.186. The van der Waals surface area contributed by atoms with Gasteiger partial charge in [0.15, 0.2) is 0 Å². The molecule has 0 spiro atoms. The normalized spacial score (nSPS) is 24.2. The number of nitrogens with one attached hydrogen (secondary N) is 1. The average Bonchev–Trinajstić information content (AvgIpc) is 2.15. The lowest BCUT2D eigenvalue weighted by atomic mass is 9.88. The second-order valence-corrected chi connectivity index (χ2v) is 6.49. The molecule has 16 heavy (non-hydrogen) atoms. The molecule has 1 atom stereocenters.